The van der Waals surface area contributed by atoms with Gasteiger partial charge in [-0.3, -0.25) is 0 Å². The number of rotatable bonds is 2. The number of hydrogen-bond acceptors (Lipinski definition) is 2. The van der Waals surface area contributed by atoms with Crippen LogP contribution in [0.5, 0.6) is 0 Å². The molecule has 2 rings (SSSR count). The predicted molar refractivity (Wildman–Crippen MR) is 66.5 cm³/mol. The van der Waals surface area contributed by atoms with Gasteiger partial charge in [0.15, 0.2) is 0 Å². The van der Waals surface area contributed by atoms with Crippen molar-refractivity contribution >= 4 is 11.6 Å². The molecule has 1 fully saturated rings. The molecule has 1 aliphatic rings. The molecule has 1 aliphatic carbocycles. The van der Waals surface area contributed by atoms with Crippen LogP contribution >= 0.6 is 11.6 Å². The Morgan fingerprint density at radius 2 is 2.06 bits per heavy atom. The molecule has 2 nitrogen and oxygen atoms in total. The molecule has 0 heterocycles. The zero-order chi connectivity index (χ0) is 12.5. The molecule has 0 atom stereocenters. The lowest BCUT2D eigenvalue weighted by molar-refractivity contribution is -0.000438. The van der Waals surface area contributed by atoms with Gasteiger partial charge in [-0.05, 0) is 37.8 Å². The molecule has 0 aliphatic heterocycles. The summed E-state index contributed by atoms with van der Waals surface area (Å²) >= 11 is 5.96. The second-order valence-corrected chi connectivity index (χ2v) is 5.35. The van der Waals surface area contributed by atoms with Gasteiger partial charge >= 0.3 is 0 Å². The highest BCUT2D eigenvalue weighted by Crippen LogP contribution is 2.33. The number of hydrogen-bond donors (Lipinski definition) is 2. The Labute approximate surface area is 106 Å². The lowest BCUT2D eigenvalue weighted by Crippen LogP contribution is -2.40. The molecule has 1 aromatic rings. The summed E-state index contributed by atoms with van der Waals surface area (Å²) in [7, 11) is 0. The minimum atomic E-state index is -0.859. The van der Waals surface area contributed by atoms with E-state index in [1.54, 1.807) is 12.1 Å². The Morgan fingerprint density at radius 3 is 2.65 bits per heavy atom. The predicted octanol–water partition coefficient (Wildman–Crippen LogP) is 2.65. The van der Waals surface area contributed by atoms with Gasteiger partial charge in [-0.25, -0.2) is 4.39 Å². The highest BCUT2D eigenvalue weighted by Gasteiger charge is 2.33. The highest BCUT2D eigenvalue weighted by molar-refractivity contribution is 6.31. The van der Waals surface area contributed by atoms with Gasteiger partial charge in [0.25, 0.3) is 0 Å². The fourth-order valence-electron chi connectivity index (χ4n) is 2.38. The zero-order valence-corrected chi connectivity index (χ0v) is 10.4. The van der Waals surface area contributed by atoms with Crippen LogP contribution in [0.25, 0.3) is 0 Å². The van der Waals surface area contributed by atoms with Crippen LogP contribution in [0.1, 0.15) is 31.2 Å². The van der Waals surface area contributed by atoms with Crippen LogP contribution in [0.4, 0.5) is 4.39 Å². The number of benzene rings is 1. The normalized spacial score (nSPS) is 29.3. The van der Waals surface area contributed by atoms with Crippen LogP contribution in [-0.2, 0) is 6.42 Å². The number of nitrogens with two attached hydrogens (primary N) is 1. The maximum absolute atomic E-state index is 13.6. The summed E-state index contributed by atoms with van der Waals surface area (Å²) in [6.07, 6.45) is 3.05. The molecule has 0 saturated heterocycles. The Hall–Kier alpha value is -0.640. The van der Waals surface area contributed by atoms with Crippen LogP contribution in [0.2, 0.25) is 5.02 Å². The smallest absolute Gasteiger partial charge is 0.127 e. The first-order valence-corrected chi connectivity index (χ1v) is 6.29. The maximum atomic E-state index is 13.6. The molecular formula is C13H17ClFNO. The zero-order valence-electron chi connectivity index (χ0n) is 9.63. The van der Waals surface area contributed by atoms with Crippen molar-refractivity contribution in [1.29, 1.82) is 0 Å². The Bertz CT molecular complexity index is 382. The first-order valence-electron chi connectivity index (χ1n) is 5.91. The summed E-state index contributed by atoms with van der Waals surface area (Å²) < 4.78 is 13.6. The third-order valence-electron chi connectivity index (χ3n) is 3.53. The van der Waals surface area contributed by atoms with E-state index in [9.17, 15) is 9.50 Å². The quantitative estimate of drug-likeness (QED) is 0.856. The number of halogens is 2. The summed E-state index contributed by atoms with van der Waals surface area (Å²) in [4.78, 5) is 0. The van der Waals surface area contributed by atoms with Crippen molar-refractivity contribution in [2.45, 2.75) is 43.7 Å². The van der Waals surface area contributed by atoms with Gasteiger partial charge in [-0.1, -0.05) is 17.7 Å². The third-order valence-corrected chi connectivity index (χ3v) is 3.88. The van der Waals surface area contributed by atoms with Gasteiger partial charge in [0, 0.05) is 23.0 Å². The molecule has 1 aromatic carbocycles. The second-order valence-electron chi connectivity index (χ2n) is 4.94. The SMILES string of the molecule is NC1CCC(O)(Cc2c(F)cccc2Cl)CC1. The Morgan fingerprint density at radius 1 is 1.41 bits per heavy atom. The van der Waals surface area contributed by atoms with E-state index in [2.05, 4.69) is 0 Å². The summed E-state index contributed by atoms with van der Waals surface area (Å²) in [6, 6.07) is 4.75. The molecule has 0 radical (unpaired) electrons. The van der Waals surface area contributed by atoms with E-state index in [4.69, 9.17) is 17.3 Å². The van der Waals surface area contributed by atoms with E-state index in [1.165, 1.54) is 6.07 Å². The molecule has 0 bridgehead atoms. The van der Waals surface area contributed by atoms with Crippen molar-refractivity contribution < 1.29 is 9.50 Å². The van der Waals surface area contributed by atoms with E-state index in [1.807, 2.05) is 0 Å². The molecular weight excluding hydrogens is 241 g/mol. The summed E-state index contributed by atoms with van der Waals surface area (Å²) in [5.41, 5.74) is 5.35. The topological polar surface area (TPSA) is 46.2 Å². The van der Waals surface area contributed by atoms with Gasteiger partial charge in [-0.15, -0.1) is 0 Å². The molecule has 0 spiro atoms. The average Bonchev–Trinajstić information content (AvgIpc) is 2.29. The fourth-order valence-corrected chi connectivity index (χ4v) is 2.61. The van der Waals surface area contributed by atoms with Gasteiger partial charge < -0.3 is 10.8 Å². The molecule has 94 valence electrons. The molecule has 17 heavy (non-hydrogen) atoms. The lowest BCUT2D eigenvalue weighted by atomic mass is 9.78. The molecule has 4 heteroatoms. The van der Waals surface area contributed by atoms with E-state index in [0.29, 0.717) is 23.4 Å². The van der Waals surface area contributed by atoms with Gasteiger partial charge in [0.05, 0.1) is 5.60 Å². The van der Waals surface area contributed by atoms with Crippen LogP contribution in [0.3, 0.4) is 0 Å². The van der Waals surface area contributed by atoms with Crippen LogP contribution < -0.4 is 5.73 Å². The van der Waals surface area contributed by atoms with Crippen LogP contribution in [-0.4, -0.2) is 16.7 Å². The van der Waals surface area contributed by atoms with Crippen molar-refractivity contribution in [3.8, 4) is 0 Å². The monoisotopic (exact) mass is 257 g/mol. The van der Waals surface area contributed by atoms with Gasteiger partial charge in [-0.2, -0.15) is 0 Å². The van der Waals surface area contributed by atoms with E-state index in [0.717, 1.165) is 12.8 Å². The van der Waals surface area contributed by atoms with Crippen molar-refractivity contribution in [1.82, 2.24) is 0 Å². The van der Waals surface area contributed by atoms with E-state index >= 15 is 0 Å². The lowest BCUT2D eigenvalue weighted by Gasteiger charge is -2.35. The highest BCUT2D eigenvalue weighted by atomic mass is 35.5. The molecule has 0 aromatic heterocycles. The summed E-state index contributed by atoms with van der Waals surface area (Å²) in [5, 5.41) is 10.8. The average molecular weight is 258 g/mol. The largest absolute Gasteiger partial charge is 0.390 e. The first kappa shape index (κ1) is 12.8. The Kier molecular flexibility index (Phi) is 3.71. The summed E-state index contributed by atoms with van der Waals surface area (Å²) in [6.45, 7) is 0. The Balaban J connectivity index is 2.15. The maximum Gasteiger partial charge on any atom is 0.127 e. The summed E-state index contributed by atoms with van der Waals surface area (Å²) in [5.74, 6) is -0.346. The third kappa shape index (κ3) is 2.97. The molecule has 3 N–H and O–H groups in total. The van der Waals surface area contributed by atoms with Crippen LogP contribution in [0, 0.1) is 5.82 Å². The minimum Gasteiger partial charge on any atom is -0.390 e. The minimum absolute atomic E-state index is 0.159. The fraction of sp³-hybridized carbons (Fsp3) is 0.538. The van der Waals surface area contributed by atoms with Crippen molar-refractivity contribution in [3.63, 3.8) is 0 Å². The van der Waals surface area contributed by atoms with Crippen molar-refractivity contribution in [2.24, 2.45) is 5.73 Å². The van der Waals surface area contributed by atoms with Gasteiger partial charge in [0.2, 0.25) is 0 Å². The van der Waals surface area contributed by atoms with Gasteiger partial charge in [0.1, 0.15) is 5.82 Å². The van der Waals surface area contributed by atoms with Crippen molar-refractivity contribution in [3.05, 3.63) is 34.6 Å². The van der Waals surface area contributed by atoms with E-state index < -0.39 is 5.60 Å². The first-order chi connectivity index (χ1) is 8.00. The molecule has 0 unspecified atom stereocenters. The molecule has 1 saturated carbocycles. The van der Waals surface area contributed by atoms with Crippen LogP contribution in [0.15, 0.2) is 18.2 Å². The molecule has 0 amide bonds. The van der Waals surface area contributed by atoms with Crippen molar-refractivity contribution in [2.75, 3.05) is 0 Å². The second kappa shape index (κ2) is 4.92. The standard InChI is InChI=1S/C13H17ClFNO/c14-11-2-1-3-12(15)10(11)8-13(17)6-4-9(16)5-7-13/h1-3,9,17H,4-8,16H2. The number of aliphatic hydroxyl groups is 1. The van der Waals surface area contributed by atoms with E-state index in [-0.39, 0.29) is 18.3 Å².